The van der Waals surface area contributed by atoms with Crippen LogP contribution in [-0.4, -0.2) is 28.7 Å². The molecule has 0 bridgehead atoms. The second-order valence-corrected chi connectivity index (χ2v) is 4.51. The maximum Gasteiger partial charge on any atom is 0.134 e. The van der Waals surface area contributed by atoms with Gasteiger partial charge in [-0.3, -0.25) is 4.90 Å². The summed E-state index contributed by atoms with van der Waals surface area (Å²) in [6.45, 7) is 3.21. The predicted octanol–water partition coefficient (Wildman–Crippen LogP) is 1.61. The molecule has 2 rings (SSSR count). The zero-order chi connectivity index (χ0) is 8.55. The molecule has 12 heavy (non-hydrogen) atoms. The van der Waals surface area contributed by atoms with Crippen LogP contribution < -0.4 is 0 Å². The molecule has 1 atom stereocenters. The fourth-order valence-electron chi connectivity index (χ4n) is 1.67. The van der Waals surface area contributed by atoms with Gasteiger partial charge in [-0.25, -0.2) is 0 Å². The Morgan fingerprint density at radius 1 is 1.50 bits per heavy atom. The minimum Gasteiger partial charge on any atom is -0.297 e. The van der Waals surface area contributed by atoms with E-state index in [4.69, 9.17) is 0 Å². The molecule has 1 aliphatic rings. The van der Waals surface area contributed by atoms with Gasteiger partial charge in [0.2, 0.25) is 0 Å². The van der Waals surface area contributed by atoms with E-state index >= 15 is 0 Å². The van der Waals surface area contributed by atoms with E-state index in [2.05, 4.69) is 22.1 Å². The van der Waals surface area contributed by atoms with Gasteiger partial charge in [-0.1, -0.05) is 0 Å². The SMILES string of the molecule is Cc1nnc([C@@H]2CCCN2C)s1. The van der Waals surface area contributed by atoms with Gasteiger partial charge in [0.15, 0.2) is 0 Å². The van der Waals surface area contributed by atoms with Crippen LogP contribution >= 0.6 is 11.3 Å². The van der Waals surface area contributed by atoms with Crippen LogP contribution in [0.5, 0.6) is 0 Å². The van der Waals surface area contributed by atoms with E-state index in [9.17, 15) is 0 Å². The van der Waals surface area contributed by atoms with Crippen molar-refractivity contribution in [3.63, 3.8) is 0 Å². The van der Waals surface area contributed by atoms with Gasteiger partial charge in [0, 0.05) is 0 Å². The summed E-state index contributed by atoms with van der Waals surface area (Å²) in [7, 11) is 2.16. The Morgan fingerprint density at radius 2 is 2.33 bits per heavy atom. The van der Waals surface area contributed by atoms with Gasteiger partial charge in [-0.15, -0.1) is 21.5 Å². The van der Waals surface area contributed by atoms with Crippen molar-refractivity contribution in [1.82, 2.24) is 15.1 Å². The molecule has 0 spiro atoms. The molecule has 1 saturated heterocycles. The van der Waals surface area contributed by atoms with Crippen LogP contribution in [0.3, 0.4) is 0 Å². The fraction of sp³-hybridized carbons (Fsp3) is 0.750. The molecule has 1 aromatic heterocycles. The third-order valence-corrected chi connectivity index (χ3v) is 3.29. The number of rotatable bonds is 1. The number of likely N-dealkylation sites (tertiary alicyclic amines) is 1. The lowest BCUT2D eigenvalue weighted by Gasteiger charge is -2.15. The minimum atomic E-state index is 0.538. The number of hydrogen-bond acceptors (Lipinski definition) is 4. The highest BCUT2D eigenvalue weighted by Crippen LogP contribution is 2.31. The molecular weight excluding hydrogens is 170 g/mol. The van der Waals surface area contributed by atoms with Gasteiger partial charge in [-0.2, -0.15) is 0 Å². The Morgan fingerprint density at radius 3 is 2.83 bits per heavy atom. The zero-order valence-electron chi connectivity index (χ0n) is 7.45. The van der Waals surface area contributed by atoms with Crippen LogP contribution in [0.1, 0.15) is 28.9 Å². The molecule has 66 valence electrons. The van der Waals surface area contributed by atoms with Crippen LogP contribution in [-0.2, 0) is 0 Å². The first-order valence-electron chi connectivity index (χ1n) is 4.27. The Balaban J connectivity index is 2.19. The maximum atomic E-state index is 4.18. The molecule has 0 N–H and O–H groups in total. The van der Waals surface area contributed by atoms with Crippen molar-refractivity contribution in [2.24, 2.45) is 0 Å². The lowest BCUT2D eigenvalue weighted by molar-refractivity contribution is 0.315. The predicted molar refractivity (Wildman–Crippen MR) is 49.3 cm³/mol. The summed E-state index contributed by atoms with van der Waals surface area (Å²) in [5, 5.41) is 10.5. The molecule has 0 amide bonds. The quantitative estimate of drug-likeness (QED) is 0.662. The Bertz CT molecular complexity index is 271. The lowest BCUT2D eigenvalue weighted by atomic mass is 10.2. The van der Waals surface area contributed by atoms with Gasteiger partial charge in [0.05, 0.1) is 6.04 Å². The van der Waals surface area contributed by atoms with Crippen molar-refractivity contribution in [2.45, 2.75) is 25.8 Å². The average Bonchev–Trinajstić information content (AvgIpc) is 2.58. The smallest absolute Gasteiger partial charge is 0.134 e. The van der Waals surface area contributed by atoms with Gasteiger partial charge < -0.3 is 0 Å². The third kappa shape index (κ3) is 1.36. The van der Waals surface area contributed by atoms with E-state index in [-0.39, 0.29) is 0 Å². The third-order valence-electron chi connectivity index (χ3n) is 2.35. The first kappa shape index (κ1) is 8.13. The first-order chi connectivity index (χ1) is 5.77. The Hall–Kier alpha value is -0.480. The highest BCUT2D eigenvalue weighted by atomic mass is 32.1. The second-order valence-electron chi connectivity index (χ2n) is 3.30. The molecule has 1 aromatic rings. The summed E-state index contributed by atoms with van der Waals surface area (Å²) in [6.07, 6.45) is 2.53. The normalized spacial score (nSPS) is 25.0. The molecule has 2 heterocycles. The van der Waals surface area contributed by atoms with Crippen molar-refractivity contribution in [2.75, 3.05) is 13.6 Å². The van der Waals surface area contributed by atoms with E-state index in [0.717, 1.165) is 5.01 Å². The van der Waals surface area contributed by atoms with E-state index in [0.29, 0.717) is 6.04 Å². The molecule has 0 aliphatic carbocycles. The average molecular weight is 183 g/mol. The van der Waals surface area contributed by atoms with Gasteiger partial charge >= 0.3 is 0 Å². The molecule has 3 nitrogen and oxygen atoms in total. The topological polar surface area (TPSA) is 29.0 Å². The Labute approximate surface area is 76.4 Å². The fourth-order valence-corrected chi connectivity index (χ4v) is 2.57. The molecular formula is C8H13N3S. The van der Waals surface area contributed by atoms with E-state index in [1.54, 1.807) is 11.3 Å². The highest BCUT2D eigenvalue weighted by molar-refractivity contribution is 7.11. The molecule has 1 aliphatic heterocycles. The summed E-state index contributed by atoms with van der Waals surface area (Å²) < 4.78 is 0. The molecule has 0 radical (unpaired) electrons. The summed E-state index contributed by atoms with van der Waals surface area (Å²) in [5.41, 5.74) is 0. The van der Waals surface area contributed by atoms with Crippen LogP contribution in [0.2, 0.25) is 0 Å². The van der Waals surface area contributed by atoms with Crippen LogP contribution in [0.25, 0.3) is 0 Å². The van der Waals surface area contributed by atoms with E-state index < -0.39 is 0 Å². The Kier molecular flexibility index (Phi) is 2.11. The zero-order valence-corrected chi connectivity index (χ0v) is 8.27. The van der Waals surface area contributed by atoms with Crippen LogP contribution in [0.4, 0.5) is 0 Å². The molecule has 4 heteroatoms. The molecule has 0 aromatic carbocycles. The molecule has 0 saturated carbocycles. The highest BCUT2D eigenvalue weighted by Gasteiger charge is 2.25. The maximum absolute atomic E-state index is 4.18. The van der Waals surface area contributed by atoms with Crippen molar-refractivity contribution >= 4 is 11.3 Å². The van der Waals surface area contributed by atoms with Crippen LogP contribution in [0, 0.1) is 6.92 Å². The number of nitrogens with zero attached hydrogens (tertiary/aromatic N) is 3. The van der Waals surface area contributed by atoms with Gasteiger partial charge in [0.1, 0.15) is 10.0 Å². The van der Waals surface area contributed by atoms with Crippen molar-refractivity contribution < 1.29 is 0 Å². The largest absolute Gasteiger partial charge is 0.297 e. The molecule has 1 fully saturated rings. The minimum absolute atomic E-state index is 0.538. The van der Waals surface area contributed by atoms with Gasteiger partial charge in [-0.05, 0) is 33.4 Å². The lowest BCUT2D eigenvalue weighted by Crippen LogP contribution is -2.17. The number of aryl methyl sites for hydroxylation is 1. The van der Waals surface area contributed by atoms with Crippen LogP contribution in [0.15, 0.2) is 0 Å². The standard InChI is InChI=1S/C8H13N3S/c1-6-9-10-8(12-6)7-4-3-5-11(7)2/h7H,3-5H2,1-2H3/t7-/m0/s1. The first-order valence-corrected chi connectivity index (χ1v) is 5.09. The van der Waals surface area contributed by atoms with E-state index in [1.165, 1.54) is 24.4 Å². The van der Waals surface area contributed by atoms with Crippen molar-refractivity contribution in [3.05, 3.63) is 10.0 Å². The summed E-state index contributed by atoms with van der Waals surface area (Å²) in [6, 6.07) is 0.538. The van der Waals surface area contributed by atoms with Gasteiger partial charge in [0.25, 0.3) is 0 Å². The number of aromatic nitrogens is 2. The molecule has 0 unspecified atom stereocenters. The monoisotopic (exact) mass is 183 g/mol. The summed E-state index contributed by atoms with van der Waals surface area (Å²) in [5.74, 6) is 0. The van der Waals surface area contributed by atoms with E-state index in [1.807, 2.05) is 6.92 Å². The summed E-state index contributed by atoms with van der Waals surface area (Å²) >= 11 is 1.72. The number of hydrogen-bond donors (Lipinski definition) is 0. The second kappa shape index (κ2) is 3.11. The van der Waals surface area contributed by atoms with Crippen molar-refractivity contribution in [1.29, 1.82) is 0 Å². The van der Waals surface area contributed by atoms with Crippen molar-refractivity contribution in [3.8, 4) is 0 Å². The summed E-state index contributed by atoms with van der Waals surface area (Å²) in [4.78, 5) is 2.36.